The van der Waals surface area contributed by atoms with E-state index in [1.807, 2.05) is 30.3 Å². The molecule has 152 valence electrons. The molecule has 0 aliphatic carbocycles. The van der Waals surface area contributed by atoms with Crippen LogP contribution in [-0.4, -0.2) is 38.2 Å². The fourth-order valence-corrected chi connectivity index (χ4v) is 5.09. The van der Waals surface area contributed by atoms with E-state index in [2.05, 4.69) is 19.9 Å². The number of nitrogens with one attached hydrogen (secondary N) is 2. The fraction of sp³-hybridized carbons (Fsp3) is 0.333. The van der Waals surface area contributed by atoms with Crippen molar-refractivity contribution in [2.24, 2.45) is 10.3 Å². The number of hydrogen-bond acceptors (Lipinski definition) is 5. The van der Waals surface area contributed by atoms with Crippen LogP contribution in [0.1, 0.15) is 25.3 Å². The Morgan fingerprint density at radius 2 is 1.97 bits per heavy atom. The average molecular weight is 413 g/mol. The van der Waals surface area contributed by atoms with Crippen molar-refractivity contribution in [1.82, 2.24) is 4.90 Å². The van der Waals surface area contributed by atoms with Crippen LogP contribution in [0.25, 0.3) is 0 Å². The van der Waals surface area contributed by atoms with Gasteiger partial charge in [0.1, 0.15) is 10.7 Å². The third-order valence-electron chi connectivity index (χ3n) is 5.22. The van der Waals surface area contributed by atoms with Gasteiger partial charge >= 0.3 is 0 Å². The standard InChI is InChI=1S/C21H24N4O3S/c1-15(26)22-18-10-8-16(9-11-18)13-25-12-4-5-17(14-25)21-23-19-6-2-3-7-20(19)29(27,28)24-21/h2-3,6-11,17H,4-5,12-14H2,1H3,(H,22,26)(H,23,24)/t17-/m0/s1. The van der Waals surface area contributed by atoms with Crippen LogP contribution < -0.4 is 10.6 Å². The number of carbonyl (C=O) groups is 1. The summed E-state index contributed by atoms with van der Waals surface area (Å²) in [4.78, 5) is 13.7. The van der Waals surface area contributed by atoms with Gasteiger partial charge < -0.3 is 10.6 Å². The maximum atomic E-state index is 12.5. The summed E-state index contributed by atoms with van der Waals surface area (Å²) in [6, 6.07) is 14.7. The molecule has 0 radical (unpaired) electrons. The molecule has 7 nitrogen and oxygen atoms in total. The lowest BCUT2D eigenvalue weighted by atomic mass is 9.96. The molecule has 0 saturated carbocycles. The number of amides is 1. The molecule has 1 fully saturated rings. The number of piperidine rings is 1. The number of sulfonamides is 1. The first-order chi connectivity index (χ1) is 13.9. The molecule has 0 aromatic heterocycles. The van der Waals surface area contributed by atoms with Gasteiger partial charge in [0.15, 0.2) is 0 Å². The van der Waals surface area contributed by atoms with Crippen molar-refractivity contribution < 1.29 is 13.2 Å². The predicted octanol–water partition coefficient (Wildman–Crippen LogP) is 3.07. The van der Waals surface area contributed by atoms with Crippen LogP contribution in [0, 0.1) is 5.92 Å². The first kappa shape index (κ1) is 19.6. The van der Waals surface area contributed by atoms with E-state index in [-0.39, 0.29) is 16.7 Å². The van der Waals surface area contributed by atoms with E-state index in [4.69, 9.17) is 0 Å². The third kappa shape index (κ3) is 4.49. The molecule has 1 saturated heterocycles. The van der Waals surface area contributed by atoms with Gasteiger partial charge in [0, 0.05) is 31.6 Å². The molecule has 2 heterocycles. The quantitative estimate of drug-likeness (QED) is 0.805. The maximum absolute atomic E-state index is 12.5. The molecule has 0 bridgehead atoms. The van der Waals surface area contributed by atoms with Crippen LogP contribution in [0.3, 0.4) is 0 Å². The highest BCUT2D eigenvalue weighted by Gasteiger charge is 2.31. The molecule has 0 unspecified atom stereocenters. The zero-order valence-electron chi connectivity index (χ0n) is 16.3. The minimum atomic E-state index is -3.66. The summed E-state index contributed by atoms with van der Waals surface area (Å²) in [5.41, 5.74) is 2.53. The van der Waals surface area contributed by atoms with Gasteiger partial charge in [-0.3, -0.25) is 9.69 Å². The third-order valence-corrected chi connectivity index (χ3v) is 6.57. The zero-order chi connectivity index (χ0) is 20.4. The number of anilines is 2. The molecular weight excluding hydrogens is 388 g/mol. The average Bonchev–Trinajstić information content (AvgIpc) is 2.69. The van der Waals surface area contributed by atoms with Crippen LogP contribution in [0.2, 0.25) is 0 Å². The highest BCUT2D eigenvalue weighted by Crippen LogP contribution is 2.30. The summed E-state index contributed by atoms with van der Waals surface area (Å²) in [5.74, 6) is 0.494. The molecule has 1 atom stereocenters. The van der Waals surface area contributed by atoms with Gasteiger partial charge in [-0.1, -0.05) is 24.3 Å². The van der Waals surface area contributed by atoms with Crippen molar-refractivity contribution in [1.29, 1.82) is 0 Å². The smallest absolute Gasteiger partial charge is 0.286 e. The van der Waals surface area contributed by atoms with E-state index in [9.17, 15) is 13.2 Å². The molecule has 2 N–H and O–H groups in total. The summed E-state index contributed by atoms with van der Waals surface area (Å²) in [6.45, 7) is 3.97. The van der Waals surface area contributed by atoms with Gasteiger partial charge in [0.25, 0.3) is 10.0 Å². The Labute approximate surface area is 170 Å². The Morgan fingerprint density at radius 1 is 1.21 bits per heavy atom. The maximum Gasteiger partial charge on any atom is 0.286 e. The van der Waals surface area contributed by atoms with E-state index < -0.39 is 10.0 Å². The minimum Gasteiger partial charge on any atom is -0.342 e. The van der Waals surface area contributed by atoms with Crippen molar-refractivity contribution in [3.8, 4) is 0 Å². The largest absolute Gasteiger partial charge is 0.342 e. The number of para-hydroxylation sites is 1. The van der Waals surface area contributed by atoms with Crippen molar-refractivity contribution in [2.45, 2.75) is 31.2 Å². The molecule has 2 aliphatic heterocycles. The lowest BCUT2D eigenvalue weighted by Crippen LogP contribution is -2.41. The normalized spacial score (nSPS) is 20.9. The number of hydrogen-bond donors (Lipinski definition) is 2. The van der Waals surface area contributed by atoms with E-state index in [1.165, 1.54) is 6.92 Å². The monoisotopic (exact) mass is 412 g/mol. The van der Waals surface area contributed by atoms with E-state index in [1.54, 1.807) is 18.2 Å². The van der Waals surface area contributed by atoms with Crippen LogP contribution in [0.5, 0.6) is 0 Å². The first-order valence-corrected chi connectivity index (χ1v) is 11.1. The van der Waals surface area contributed by atoms with Gasteiger partial charge in [-0.2, -0.15) is 8.42 Å². The van der Waals surface area contributed by atoms with E-state index in [0.29, 0.717) is 11.5 Å². The van der Waals surface area contributed by atoms with Crippen LogP contribution in [0.15, 0.2) is 57.8 Å². The highest BCUT2D eigenvalue weighted by molar-refractivity contribution is 7.90. The first-order valence-electron chi connectivity index (χ1n) is 9.70. The van der Waals surface area contributed by atoms with Crippen molar-refractivity contribution in [3.05, 3.63) is 54.1 Å². The molecule has 4 rings (SSSR count). The second kappa shape index (κ2) is 7.96. The van der Waals surface area contributed by atoms with Gasteiger partial charge in [-0.05, 0) is 49.2 Å². The second-order valence-corrected chi connectivity index (χ2v) is 9.10. The molecule has 2 aromatic carbocycles. The number of nitrogens with zero attached hydrogens (tertiary/aromatic N) is 2. The summed E-state index contributed by atoms with van der Waals surface area (Å²) < 4.78 is 29.1. The van der Waals surface area contributed by atoms with E-state index >= 15 is 0 Å². The second-order valence-electron chi connectivity index (χ2n) is 7.53. The van der Waals surface area contributed by atoms with Crippen LogP contribution in [0.4, 0.5) is 11.4 Å². The predicted molar refractivity (Wildman–Crippen MR) is 113 cm³/mol. The number of rotatable bonds is 4. The molecule has 1 amide bonds. The van der Waals surface area contributed by atoms with Gasteiger partial charge in [0.05, 0.1) is 5.69 Å². The minimum absolute atomic E-state index is 0.0468. The number of fused-ring (bicyclic) bond motifs is 1. The Bertz CT molecular complexity index is 1050. The number of amidine groups is 1. The Morgan fingerprint density at radius 3 is 2.72 bits per heavy atom. The van der Waals surface area contributed by atoms with E-state index in [0.717, 1.165) is 43.7 Å². The molecule has 2 aliphatic rings. The Hall–Kier alpha value is -2.71. The molecule has 29 heavy (non-hydrogen) atoms. The van der Waals surface area contributed by atoms with Gasteiger partial charge in [0.2, 0.25) is 5.91 Å². The summed E-state index contributed by atoms with van der Waals surface area (Å²) in [6.07, 6.45) is 1.89. The van der Waals surface area contributed by atoms with Crippen molar-refractivity contribution in [2.75, 3.05) is 23.7 Å². The number of likely N-dealkylation sites (tertiary alicyclic amines) is 1. The topological polar surface area (TPSA) is 90.9 Å². The zero-order valence-corrected chi connectivity index (χ0v) is 17.1. The van der Waals surface area contributed by atoms with Crippen LogP contribution >= 0.6 is 0 Å². The van der Waals surface area contributed by atoms with Gasteiger partial charge in [-0.15, -0.1) is 4.40 Å². The molecular formula is C21H24N4O3S. The number of benzene rings is 2. The molecule has 8 heteroatoms. The fourth-order valence-electron chi connectivity index (χ4n) is 3.89. The van der Waals surface area contributed by atoms with Crippen molar-refractivity contribution >= 4 is 33.1 Å². The Balaban J connectivity index is 1.45. The van der Waals surface area contributed by atoms with Crippen LogP contribution in [-0.2, 0) is 21.4 Å². The summed E-state index contributed by atoms with van der Waals surface area (Å²) in [5, 5.41) is 6.00. The molecule has 2 aromatic rings. The van der Waals surface area contributed by atoms with Crippen molar-refractivity contribution in [3.63, 3.8) is 0 Å². The lowest BCUT2D eigenvalue weighted by Gasteiger charge is -2.34. The Kier molecular flexibility index (Phi) is 5.38. The number of carbonyl (C=O) groups excluding carboxylic acids is 1. The SMILES string of the molecule is CC(=O)Nc1ccc(CN2CCC[C@H](C3=NS(=O)(=O)c4ccccc4N3)C2)cc1. The molecule has 0 spiro atoms. The summed E-state index contributed by atoms with van der Waals surface area (Å²) >= 11 is 0. The van der Waals surface area contributed by atoms with Gasteiger partial charge in [-0.25, -0.2) is 0 Å². The lowest BCUT2D eigenvalue weighted by molar-refractivity contribution is -0.114. The summed E-state index contributed by atoms with van der Waals surface area (Å²) in [7, 11) is -3.66. The highest BCUT2D eigenvalue weighted by atomic mass is 32.2.